The molecular weight excluding hydrogens is 242 g/mol. The zero-order valence-corrected chi connectivity index (χ0v) is 11.5. The van der Waals surface area contributed by atoms with E-state index in [1.807, 2.05) is 32.9 Å². The molecule has 2 heterocycles. The van der Waals surface area contributed by atoms with Crippen molar-refractivity contribution in [1.29, 1.82) is 0 Å². The number of aromatic nitrogens is 3. The largest absolute Gasteiger partial charge is 0.464 e. The summed E-state index contributed by atoms with van der Waals surface area (Å²) in [6.45, 7) is 6.08. The SMILES string of the molecule is COC(=O)c1cc(C(C)C)n(-c2cc(C)ccn2)n1. The summed E-state index contributed by atoms with van der Waals surface area (Å²) in [7, 11) is 1.35. The zero-order valence-electron chi connectivity index (χ0n) is 11.5. The molecule has 0 amide bonds. The van der Waals surface area contributed by atoms with Gasteiger partial charge >= 0.3 is 5.97 Å². The summed E-state index contributed by atoms with van der Waals surface area (Å²) in [5.41, 5.74) is 2.32. The smallest absolute Gasteiger partial charge is 0.358 e. The number of rotatable bonds is 3. The molecule has 0 aliphatic heterocycles. The summed E-state index contributed by atoms with van der Waals surface area (Å²) < 4.78 is 6.41. The first-order valence-corrected chi connectivity index (χ1v) is 6.14. The fraction of sp³-hybridized carbons (Fsp3) is 0.357. The summed E-state index contributed by atoms with van der Waals surface area (Å²) in [6.07, 6.45) is 1.73. The Hall–Kier alpha value is -2.17. The maximum Gasteiger partial charge on any atom is 0.358 e. The maximum absolute atomic E-state index is 11.6. The molecule has 0 saturated heterocycles. The van der Waals surface area contributed by atoms with E-state index in [0.29, 0.717) is 11.5 Å². The third-order valence-electron chi connectivity index (χ3n) is 2.84. The van der Waals surface area contributed by atoms with Gasteiger partial charge in [-0.1, -0.05) is 13.8 Å². The topological polar surface area (TPSA) is 57.0 Å². The van der Waals surface area contributed by atoms with E-state index in [-0.39, 0.29) is 5.92 Å². The standard InChI is InChI=1S/C14H17N3O2/c1-9(2)12-8-11(14(18)19-4)16-17(12)13-7-10(3)5-6-15-13/h5-9H,1-4H3. The number of pyridine rings is 1. The number of hydrogen-bond acceptors (Lipinski definition) is 4. The predicted molar refractivity (Wildman–Crippen MR) is 71.5 cm³/mol. The molecule has 0 radical (unpaired) electrons. The average Bonchev–Trinajstić information content (AvgIpc) is 2.83. The summed E-state index contributed by atoms with van der Waals surface area (Å²) >= 11 is 0. The van der Waals surface area contributed by atoms with Crippen LogP contribution in [0.25, 0.3) is 5.82 Å². The fourth-order valence-corrected chi connectivity index (χ4v) is 1.83. The maximum atomic E-state index is 11.6. The molecule has 0 N–H and O–H groups in total. The molecule has 2 aromatic heterocycles. The highest BCUT2D eigenvalue weighted by atomic mass is 16.5. The van der Waals surface area contributed by atoms with E-state index in [0.717, 1.165) is 11.3 Å². The lowest BCUT2D eigenvalue weighted by molar-refractivity contribution is 0.0593. The second-order valence-electron chi connectivity index (χ2n) is 4.70. The Bertz CT molecular complexity index is 602. The van der Waals surface area contributed by atoms with E-state index in [1.54, 1.807) is 16.9 Å². The van der Waals surface area contributed by atoms with E-state index in [1.165, 1.54) is 7.11 Å². The Morgan fingerprint density at radius 1 is 1.37 bits per heavy atom. The van der Waals surface area contributed by atoms with Crippen LogP contribution in [0.2, 0.25) is 0 Å². The molecule has 19 heavy (non-hydrogen) atoms. The van der Waals surface area contributed by atoms with Crippen molar-refractivity contribution >= 4 is 5.97 Å². The lowest BCUT2D eigenvalue weighted by atomic mass is 10.1. The highest BCUT2D eigenvalue weighted by Crippen LogP contribution is 2.20. The Morgan fingerprint density at radius 3 is 2.68 bits per heavy atom. The average molecular weight is 259 g/mol. The molecule has 0 aliphatic rings. The Balaban J connectivity index is 2.55. The quantitative estimate of drug-likeness (QED) is 0.795. The van der Waals surface area contributed by atoms with Crippen LogP contribution in [0.3, 0.4) is 0 Å². The normalized spacial score (nSPS) is 10.8. The summed E-state index contributed by atoms with van der Waals surface area (Å²) in [5, 5.41) is 4.29. The Morgan fingerprint density at radius 2 is 2.11 bits per heavy atom. The Kier molecular flexibility index (Phi) is 3.64. The van der Waals surface area contributed by atoms with Gasteiger partial charge in [0.15, 0.2) is 11.5 Å². The van der Waals surface area contributed by atoms with Gasteiger partial charge in [0.25, 0.3) is 0 Å². The molecular formula is C14H17N3O2. The number of esters is 1. The second-order valence-corrected chi connectivity index (χ2v) is 4.70. The summed E-state index contributed by atoms with van der Waals surface area (Å²) in [6, 6.07) is 5.60. The molecule has 0 fully saturated rings. The van der Waals surface area contributed by atoms with Crippen LogP contribution in [0.1, 0.15) is 41.5 Å². The second kappa shape index (κ2) is 5.22. The van der Waals surface area contributed by atoms with Crippen molar-refractivity contribution in [2.24, 2.45) is 0 Å². The first-order valence-electron chi connectivity index (χ1n) is 6.14. The van der Waals surface area contributed by atoms with Crippen LogP contribution in [-0.2, 0) is 4.74 Å². The summed E-state index contributed by atoms with van der Waals surface area (Å²) in [5.74, 6) is 0.500. The minimum Gasteiger partial charge on any atom is -0.464 e. The van der Waals surface area contributed by atoms with Gasteiger partial charge in [-0.05, 0) is 36.6 Å². The van der Waals surface area contributed by atoms with Crippen molar-refractivity contribution in [2.75, 3.05) is 7.11 Å². The highest BCUT2D eigenvalue weighted by molar-refractivity contribution is 5.87. The lowest BCUT2D eigenvalue weighted by Gasteiger charge is -2.09. The molecule has 0 unspecified atom stereocenters. The minimum atomic E-state index is -0.437. The van der Waals surface area contributed by atoms with Crippen LogP contribution in [0.5, 0.6) is 0 Å². The Labute approximate surface area is 112 Å². The van der Waals surface area contributed by atoms with Crippen molar-refractivity contribution in [3.63, 3.8) is 0 Å². The number of hydrogen-bond donors (Lipinski definition) is 0. The first-order chi connectivity index (χ1) is 9.02. The molecule has 0 spiro atoms. The van der Waals surface area contributed by atoms with Gasteiger partial charge in [-0.15, -0.1) is 0 Å². The van der Waals surface area contributed by atoms with Crippen LogP contribution in [0.15, 0.2) is 24.4 Å². The monoisotopic (exact) mass is 259 g/mol. The van der Waals surface area contributed by atoms with Gasteiger partial charge in [0.1, 0.15) is 0 Å². The molecule has 0 aliphatic carbocycles. The number of methoxy groups -OCH3 is 1. The third-order valence-corrected chi connectivity index (χ3v) is 2.84. The van der Waals surface area contributed by atoms with Crippen LogP contribution in [0, 0.1) is 6.92 Å². The number of nitrogens with zero attached hydrogens (tertiary/aromatic N) is 3. The van der Waals surface area contributed by atoms with Gasteiger partial charge < -0.3 is 4.74 Å². The van der Waals surface area contributed by atoms with Crippen LogP contribution < -0.4 is 0 Å². The van der Waals surface area contributed by atoms with Crippen LogP contribution >= 0.6 is 0 Å². The number of carbonyl (C=O) groups excluding carboxylic acids is 1. The number of aryl methyl sites for hydroxylation is 1. The zero-order chi connectivity index (χ0) is 14.0. The first kappa shape index (κ1) is 13.3. The molecule has 2 aromatic rings. The van der Waals surface area contributed by atoms with Crippen molar-refractivity contribution in [3.8, 4) is 5.82 Å². The molecule has 5 heteroatoms. The fourth-order valence-electron chi connectivity index (χ4n) is 1.83. The molecule has 0 atom stereocenters. The van der Waals surface area contributed by atoms with Crippen molar-refractivity contribution in [2.45, 2.75) is 26.7 Å². The summed E-state index contributed by atoms with van der Waals surface area (Å²) in [4.78, 5) is 15.9. The molecule has 2 rings (SSSR count). The van der Waals surface area contributed by atoms with E-state index in [9.17, 15) is 4.79 Å². The van der Waals surface area contributed by atoms with Crippen molar-refractivity contribution in [3.05, 3.63) is 41.3 Å². The van der Waals surface area contributed by atoms with Gasteiger partial charge in [0.2, 0.25) is 0 Å². The van der Waals surface area contributed by atoms with Crippen molar-refractivity contribution < 1.29 is 9.53 Å². The molecule has 0 aromatic carbocycles. The lowest BCUT2D eigenvalue weighted by Crippen LogP contribution is -2.07. The van der Waals surface area contributed by atoms with Gasteiger partial charge in [-0.3, -0.25) is 0 Å². The molecule has 0 saturated carbocycles. The van der Waals surface area contributed by atoms with Crippen LogP contribution in [-0.4, -0.2) is 27.8 Å². The van der Waals surface area contributed by atoms with E-state index in [2.05, 4.69) is 10.1 Å². The van der Waals surface area contributed by atoms with Gasteiger partial charge in [-0.2, -0.15) is 5.10 Å². The van der Waals surface area contributed by atoms with Gasteiger partial charge in [-0.25, -0.2) is 14.5 Å². The number of carbonyl (C=O) groups is 1. The van der Waals surface area contributed by atoms with Gasteiger partial charge in [0, 0.05) is 11.9 Å². The van der Waals surface area contributed by atoms with E-state index >= 15 is 0 Å². The third kappa shape index (κ3) is 2.65. The van der Waals surface area contributed by atoms with Crippen LogP contribution in [0.4, 0.5) is 0 Å². The van der Waals surface area contributed by atoms with Crippen molar-refractivity contribution in [1.82, 2.24) is 14.8 Å². The van der Waals surface area contributed by atoms with Gasteiger partial charge in [0.05, 0.1) is 7.11 Å². The molecule has 0 bridgehead atoms. The minimum absolute atomic E-state index is 0.230. The highest BCUT2D eigenvalue weighted by Gasteiger charge is 2.18. The van der Waals surface area contributed by atoms with E-state index in [4.69, 9.17) is 4.74 Å². The predicted octanol–water partition coefficient (Wildman–Crippen LogP) is 2.49. The van der Waals surface area contributed by atoms with E-state index < -0.39 is 5.97 Å². The number of ether oxygens (including phenoxy) is 1. The molecule has 5 nitrogen and oxygen atoms in total. The molecule has 100 valence electrons.